The van der Waals surface area contributed by atoms with Gasteiger partial charge < -0.3 is 5.11 Å². The normalized spacial score (nSPS) is 13.2. The molecule has 0 spiro atoms. The number of hydrogen-bond donors (Lipinski definition) is 1. The first-order chi connectivity index (χ1) is 11.1. The highest BCUT2D eigenvalue weighted by molar-refractivity contribution is 5.87. The van der Waals surface area contributed by atoms with Crippen LogP contribution < -0.4 is 5.56 Å². The molecule has 1 aliphatic rings. The van der Waals surface area contributed by atoms with Crippen LogP contribution in [0.4, 0.5) is 0 Å². The zero-order valence-corrected chi connectivity index (χ0v) is 12.6. The maximum Gasteiger partial charge on any atom is 0.341 e. The molecule has 0 radical (unpaired) electrons. The fraction of sp³-hybridized carbons (Fsp3) is 0.278. The number of aromatic nitrogens is 1. The molecule has 1 N–H and O–H groups in total. The number of fused-ring (bicyclic) bond motifs is 1. The number of aromatic carboxylic acids is 1. The van der Waals surface area contributed by atoms with Gasteiger partial charge in [-0.05, 0) is 60.6 Å². The number of nitrogens with zero attached hydrogens (tertiary/aromatic N) is 2. The fourth-order valence-corrected chi connectivity index (χ4v) is 3.11. The van der Waals surface area contributed by atoms with Crippen LogP contribution in [0.2, 0.25) is 0 Å². The zero-order valence-electron chi connectivity index (χ0n) is 12.6. The van der Waals surface area contributed by atoms with Gasteiger partial charge in [-0.2, -0.15) is 5.26 Å². The minimum Gasteiger partial charge on any atom is -0.477 e. The summed E-state index contributed by atoms with van der Waals surface area (Å²) in [6.45, 7) is -0.174. The van der Waals surface area contributed by atoms with E-state index in [-0.39, 0.29) is 12.1 Å². The van der Waals surface area contributed by atoms with Gasteiger partial charge in [0.1, 0.15) is 12.1 Å². The molecule has 0 amide bonds. The van der Waals surface area contributed by atoms with Gasteiger partial charge in [0.05, 0.1) is 11.8 Å². The summed E-state index contributed by atoms with van der Waals surface area (Å²) in [6.07, 6.45) is 4.43. The molecule has 0 unspecified atom stereocenters. The molecular formula is C18H16N2O3. The van der Waals surface area contributed by atoms with Crippen molar-refractivity contribution >= 4 is 5.97 Å². The van der Waals surface area contributed by atoms with Gasteiger partial charge in [-0.3, -0.25) is 9.36 Å². The van der Waals surface area contributed by atoms with E-state index in [1.807, 2.05) is 12.1 Å². The highest BCUT2D eigenvalue weighted by atomic mass is 16.4. The predicted molar refractivity (Wildman–Crippen MR) is 85.4 cm³/mol. The molecule has 23 heavy (non-hydrogen) atoms. The fourth-order valence-electron chi connectivity index (χ4n) is 3.11. The minimum atomic E-state index is -1.28. The second-order valence-electron chi connectivity index (χ2n) is 5.68. The Labute approximate surface area is 133 Å². The first-order valence-electron chi connectivity index (χ1n) is 7.58. The summed E-state index contributed by atoms with van der Waals surface area (Å²) in [4.78, 5) is 23.4. The van der Waals surface area contributed by atoms with Gasteiger partial charge in [-0.25, -0.2) is 4.79 Å². The average Bonchev–Trinajstić information content (AvgIpc) is 2.56. The molecule has 1 aliphatic carbocycles. The average molecular weight is 308 g/mol. The molecule has 1 heterocycles. The van der Waals surface area contributed by atoms with Crippen LogP contribution >= 0.6 is 0 Å². The minimum absolute atomic E-state index is 0.174. The third-order valence-corrected chi connectivity index (χ3v) is 4.28. The molecule has 0 saturated carbocycles. The Hall–Kier alpha value is -2.87. The smallest absolute Gasteiger partial charge is 0.341 e. The van der Waals surface area contributed by atoms with Crippen molar-refractivity contribution in [2.75, 3.05) is 0 Å². The van der Waals surface area contributed by atoms with E-state index in [4.69, 9.17) is 10.4 Å². The van der Waals surface area contributed by atoms with Crippen molar-refractivity contribution in [2.45, 2.75) is 32.2 Å². The monoisotopic (exact) mass is 308 g/mol. The molecule has 1 aromatic heterocycles. The number of benzene rings is 1. The molecule has 2 aromatic rings. The Morgan fingerprint density at radius 1 is 1.17 bits per heavy atom. The van der Waals surface area contributed by atoms with Crippen LogP contribution in [0.15, 0.2) is 35.1 Å². The summed E-state index contributed by atoms with van der Waals surface area (Å²) in [7, 11) is 0. The molecule has 0 atom stereocenters. The van der Waals surface area contributed by atoms with Gasteiger partial charge in [-0.1, -0.05) is 12.1 Å². The second-order valence-corrected chi connectivity index (χ2v) is 5.68. The Bertz CT molecular complexity index is 875. The summed E-state index contributed by atoms with van der Waals surface area (Å²) in [5.74, 6) is -1.28. The van der Waals surface area contributed by atoms with Gasteiger partial charge in [0.2, 0.25) is 0 Å². The lowest BCUT2D eigenvalue weighted by atomic mass is 9.90. The quantitative estimate of drug-likeness (QED) is 0.944. The van der Waals surface area contributed by atoms with E-state index < -0.39 is 11.5 Å². The van der Waals surface area contributed by atoms with E-state index in [9.17, 15) is 9.59 Å². The molecule has 5 nitrogen and oxygen atoms in total. The molecule has 3 rings (SSSR count). The lowest BCUT2D eigenvalue weighted by Gasteiger charge is -2.18. The van der Waals surface area contributed by atoms with Crippen molar-refractivity contribution in [3.63, 3.8) is 0 Å². The van der Waals surface area contributed by atoms with Gasteiger partial charge >= 0.3 is 5.97 Å². The van der Waals surface area contributed by atoms with Crippen LogP contribution in [-0.2, 0) is 19.4 Å². The summed E-state index contributed by atoms with van der Waals surface area (Å²) in [5, 5.41) is 18.1. The van der Waals surface area contributed by atoms with Crippen molar-refractivity contribution in [2.24, 2.45) is 0 Å². The Balaban J connectivity index is 2.16. The maximum atomic E-state index is 12.3. The molecule has 116 valence electrons. The molecule has 0 aliphatic heterocycles. The van der Waals surface area contributed by atoms with Crippen molar-refractivity contribution in [3.8, 4) is 17.3 Å². The zero-order chi connectivity index (χ0) is 16.4. The first-order valence-corrected chi connectivity index (χ1v) is 7.58. The molecule has 0 bridgehead atoms. The standard InChI is InChI=1S/C18H16N2O3/c19-9-10-20-16(8-7-15(17(20)21)18(22)23)14-6-5-12-3-1-2-4-13(12)11-14/h5-8,11H,1-4,10H2,(H,22,23). The number of aryl methyl sites for hydroxylation is 2. The second kappa shape index (κ2) is 6.09. The molecule has 0 fully saturated rings. The number of carboxylic acid groups (broad SMARTS) is 1. The first kappa shape index (κ1) is 15.0. The lowest BCUT2D eigenvalue weighted by molar-refractivity contribution is 0.0694. The number of pyridine rings is 1. The topological polar surface area (TPSA) is 83.1 Å². The molecule has 5 heteroatoms. The highest BCUT2D eigenvalue weighted by Crippen LogP contribution is 2.27. The van der Waals surface area contributed by atoms with Gasteiger partial charge in [-0.15, -0.1) is 0 Å². The van der Waals surface area contributed by atoms with Crippen LogP contribution in [0.5, 0.6) is 0 Å². The molecule has 0 saturated heterocycles. The van der Waals surface area contributed by atoms with E-state index in [0.717, 1.165) is 24.8 Å². The summed E-state index contributed by atoms with van der Waals surface area (Å²) in [6, 6.07) is 10.9. The molecular weight excluding hydrogens is 292 g/mol. The lowest BCUT2D eigenvalue weighted by Crippen LogP contribution is -2.27. The van der Waals surface area contributed by atoms with Crippen LogP contribution in [0.3, 0.4) is 0 Å². The van der Waals surface area contributed by atoms with E-state index in [1.54, 1.807) is 6.07 Å². The van der Waals surface area contributed by atoms with Crippen molar-refractivity contribution in [3.05, 3.63) is 57.4 Å². The summed E-state index contributed by atoms with van der Waals surface area (Å²) >= 11 is 0. The summed E-state index contributed by atoms with van der Waals surface area (Å²) < 4.78 is 1.23. The van der Waals surface area contributed by atoms with Crippen LogP contribution in [0, 0.1) is 11.3 Å². The highest BCUT2D eigenvalue weighted by Gasteiger charge is 2.16. The number of carboxylic acids is 1. The Morgan fingerprint density at radius 3 is 2.61 bits per heavy atom. The number of hydrogen-bond acceptors (Lipinski definition) is 3. The van der Waals surface area contributed by atoms with E-state index >= 15 is 0 Å². The third kappa shape index (κ3) is 2.76. The number of nitriles is 1. The van der Waals surface area contributed by atoms with E-state index in [1.165, 1.54) is 28.2 Å². The van der Waals surface area contributed by atoms with E-state index in [0.29, 0.717) is 5.69 Å². The van der Waals surface area contributed by atoms with Crippen molar-refractivity contribution in [1.29, 1.82) is 5.26 Å². The Kier molecular flexibility index (Phi) is 3.98. The van der Waals surface area contributed by atoms with Crippen molar-refractivity contribution < 1.29 is 9.90 Å². The largest absolute Gasteiger partial charge is 0.477 e. The van der Waals surface area contributed by atoms with Crippen LogP contribution in [0.25, 0.3) is 11.3 Å². The van der Waals surface area contributed by atoms with Gasteiger partial charge in [0.25, 0.3) is 5.56 Å². The number of carbonyl (C=O) groups is 1. The van der Waals surface area contributed by atoms with E-state index in [2.05, 4.69) is 12.1 Å². The van der Waals surface area contributed by atoms with Crippen LogP contribution in [-0.4, -0.2) is 15.6 Å². The van der Waals surface area contributed by atoms with Crippen molar-refractivity contribution in [1.82, 2.24) is 4.57 Å². The third-order valence-electron chi connectivity index (χ3n) is 4.28. The van der Waals surface area contributed by atoms with Gasteiger partial charge in [0.15, 0.2) is 0 Å². The van der Waals surface area contributed by atoms with Gasteiger partial charge in [0, 0.05) is 0 Å². The maximum absolute atomic E-state index is 12.3. The SMILES string of the molecule is N#CCn1c(-c2ccc3c(c2)CCCC3)ccc(C(=O)O)c1=O. The summed E-state index contributed by atoms with van der Waals surface area (Å²) in [5.41, 5.74) is 3.06. The molecule has 1 aromatic carbocycles. The predicted octanol–water partition coefficient (Wildman–Crippen LogP) is 2.62. The number of rotatable bonds is 3. The Morgan fingerprint density at radius 2 is 1.91 bits per heavy atom. The van der Waals surface area contributed by atoms with Crippen LogP contribution in [0.1, 0.15) is 34.3 Å².